The predicted molar refractivity (Wildman–Crippen MR) is 58.5 cm³/mol. The fraction of sp³-hybridized carbons (Fsp3) is 0.300. The molecule has 2 N–H and O–H groups in total. The highest BCUT2D eigenvalue weighted by Gasteiger charge is 2.06. The van der Waals surface area contributed by atoms with E-state index < -0.39 is 0 Å². The topological polar surface area (TPSA) is 43.8 Å². The Balaban J connectivity index is 2.62. The van der Waals surface area contributed by atoms with Gasteiger partial charge in [-0.3, -0.25) is 0 Å². The summed E-state index contributed by atoms with van der Waals surface area (Å²) in [5, 5.41) is 0.742. The van der Waals surface area contributed by atoms with Crippen molar-refractivity contribution in [3.8, 4) is 0 Å². The molecule has 3 nitrogen and oxygen atoms in total. The molecule has 1 aromatic heterocycles. The first-order valence-electron chi connectivity index (χ1n) is 4.52. The summed E-state index contributed by atoms with van der Waals surface area (Å²) >= 11 is 6.14. The van der Waals surface area contributed by atoms with Gasteiger partial charge >= 0.3 is 0 Å². The number of rotatable bonds is 2. The Bertz CT molecular complexity index is 462. The minimum Gasteiger partial charge on any atom is -0.333 e. The van der Waals surface area contributed by atoms with Crippen LogP contribution in [0.5, 0.6) is 0 Å². The Morgan fingerprint density at radius 3 is 3.00 bits per heavy atom. The van der Waals surface area contributed by atoms with Crippen LogP contribution < -0.4 is 5.73 Å². The molecule has 2 aromatic rings. The molecular formula is C10H12ClN3. The van der Waals surface area contributed by atoms with Crippen LogP contribution in [0.4, 0.5) is 0 Å². The molecule has 0 spiro atoms. The molecular weight excluding hydrogens is 198 g/mol. The number of aromatic nitrogens is 2. The molecule has 2 rings (SSSR count). The second-order valence-electron chi connectivity index (χ2n) is 3.34. The van der Waals surface area contributed by atoms with E-state index in [0.29, 0.717) is 6.54 Å². The van der Waals surface area contributed by atoms with E-state index in [4.69, 9.17) is 17.3 Å². The molecule has 0 aliphatic carbocycles. The fourth-order valence-electron chi connectivity index (χ4n) is 1.60. The summed E-state index contributed by atoms with van der Waals surface area (Å²) in [7, 11) is 1.93. The van der Waals surface area contributed by atoms with Gasteiger partial charge in [0.15, 0.2) is 0 Å². The summed E-state index contributed by atoms with van der Waals surface area (Å²) in [5.74, 6) is 0. The lowest BCUT2D eigenvalue weighted by atomic mass is 10.1. The zero-order valence-corrected chi connectivity index (χ0v) is 8.75. The third kappa shape index (κ3) is 1.49. The molecule has 0 fully saturated rings. The quantitative estimate of drug-likeness (QED) is 0.819. The Labute approximate surface area is 87.5 Å². The molecule has 0 saturated heterocycles. The van der Waals surface area contributed by atoms with Gasteiger partial charge in [0, 0.05) is 7.05 Å². The van der Waals surface area contributed by atoms with Crippen LogP contribution >= 0.6 is 11.6 Å². The van der Waals surface area contributed by atoms with Gasteiger partial charge in [0.1, 0.15) is 0 Å². The van der Waals surface area contributed by atoms with Gasteiger partial charge in [-0.15, -0.1) is 0 Å². The number of aryl methyl sites for hydroxylation is 1. The second kappa shape index (κ2) is 3.59. The van der Waals surface area contributed by atoms with Crippen molar-refractivity contribution < 1.29 is 0 Å². The van der Waals surface area contributed by atoms with Gasteiger partial charge in [-0.2, -0.15) is 0 Å². The highest BCUT2D eigenvalue weighted by molar-refractivity contribution is 6.35. The summed E-state index contributed by atoms with van der Waals surface area (Å²) in [6.45, 7) is 0.634. The number of hydrogen-bond donors (Lipinski definition) is 1. The van der Waals surface area contributed by atoms with E-state index in [2.05, 4.69) is 4.98 Å². The number of hydrogen-bond acceptors (Lipinski definition) is 2. The molecule has 0 aliphatic rings. The smallest absolute Gasteiger partial charge is 0.0956 e. The van der Waals surface area contributed by atoms with E-state index in [9.17, 15) is 0 Å². The van der Waals surface area contributed by atoms with Crippen LogP contribution in [0.15, 0.2) is 18.5 Å². The molecule has 4 heteroatoms. The molecule has 0 saturated carbocycles. The number of fused-ring (bicyclic) bond motifs is 1. The molecule has 74 valence electrons. The second-order valence-corrected chi connectivity index (χ2v) is 3.75. The van der Waals surface area contributed by atoms with E-state index in [1.165, 1.54) is 0 Å². The van der Waals surface area contributed by atoms with Crippen LogP contribution in [0.3, 0.4) is 0 Å². The minimum atomic E-state index is 0.634. The maximum Gasteiger partial charge on any atom is 0.0956 e. The lowest BCUT2D eigenvalue weighted by molar-refractivity contribution is 0.946. The van der Waals surface area contributed by atoms with Crippen LogP contribution in [0, 0.1) is 0 Å². The molecule has 0 bridgehead atoms. The van der Waals surface area contributed by atoms with E-state index >= 15 is 0 Å². The first-order valence-corrected chi connectivity index (χ1v) is 4.89. The van der Waals surface area contributed by atoms with Crippen LogP contribution in [0.2, 0.25) is 5.02 Å². The average molecular weight is 210 g/mol. The lowest BCUT2D eigenvalue weighted by Gasteiger charge is -2.02. The third-order valence-corrected chi connectivity index (χ3v) is 2.55. The van der Waals surface area contributed by atoms with Crippen molar-refractivity contribution in [1.82, 2.24) is 9.55 Å². The first-order chi connectivity index (χ1) is 6.72. The highest BCUT2D eigenvalue weighted by Crippen LogP contribution is 2.24. The fourth-order valence-corrected chi connectivity index (χ4v) is 1.97. The number of halogens is 1. The molecule has 1 heterocycles. The number of nitrogens with zero attached hydrogens (tertiary/aromatic N) is 2. The van der Waals surface area contributed by atoms with E-state index in [0.717, 1.165) is 28.0 Å². The van der Waals surface area contributed by atoms with Gasteiger partial charge in [0.2, 0.25) is 0 Å². The van der Waals surface area contributed by atoms with Crippen LogP contribution in [0.1, 0.15) is 5.56 Å². The monoisotopic (exact) mass is 209 g/mol. The molecule has 0 radical (unpaired) electrons. The maximum absolute atomic E-state index is 6.14. The maximum atomic E-state index is 6.14. The summed E-state index contributed by atoms with van der Waals surface area (Å²) in [6, 6.07) is 3.99. The average Bonchev–Trinajstić information content (AvgIpc) is 2.48. The SMILES string of the molecule is Cn1cnc2cc(CCN)cc(Cl)c21. The molecule has 0 amide bonds. The summed E-state index contributed by atoms with van der Waals surface area (Å²) in [5.41, 5.74) is 8.55. The standard InChI is InChI=1S/C10H12ClN3/c1-14-6-13-9-5-7(2-3-12)4-8(11)10(9)14/h4-6H,2-3,12H2,1H3. The first kappa shape index (κ1) is 9.49. The van der Waals surface area contributed by atoms with E-state index in [1.807, 2.05) is 23.7 Å². The van der Waals surface area contributed by atoms with Crippen molar-refractivity contribution in [2.24, 2.45) is 12.8 Å². The molecule has 1 aromatic carbocycles. The van der Waals surface area contributed by atoms with Crippen molar-refractivity contribution in [2.45, 2.75) is 6.42 Å². The van der Waals surface area contributed by atoms with E-state index in [-0.39, 0.29) is 0 Å². The minimum absolute atomic E-state index is 0.634. The largest absolute Gasteiger partial charge is 0.333 e. The Morgan fingerprint density at radius 1 is 1.50 bits per heavy atom. The van der Waals surface area contributed by atoms with Crippen molar-refractivity contribution in [3.05, 3.63) is 29.0 Å². The summed E-state index contributed by atoms with van der Waals surface area (Å²) in [4.78, 5) is 4.26. The Morgan fingerprint density at radius 2 is 2.29 bits per heavy atom. The van der Waals surface area contributed by atoms with Crippen molar-refractivity contribution >= 4 is 22.6 Å². The Hall–Kier alpha value is -1.06. The van der Waals surface area contributed by atoms with Gasteiger partial charge in [-0.25, -0.2) is 4.98 Å². The zero-order valence-electron chi connectivity index (χ0n) is 8.00. The van der Waals surface area contributed by atoms with Gasteiger partial charge in [-0.1, -0.05) is 11.6 Å². The van der Waals surface area contributed by atoms with Gasteiger partial charge in [-0.05, 0) is 30.7 Å². The highest BCUT2D eigenvalue weighted by atomic mass is 35.5. The van der Waals surface area contributed by atoms with Crippen LogP contribution in [-0.2, 0) is 13.5 Å². The number of imidazole rings is 1. The summed E-state index contributed by atoms with van der Waals surface area (Å²) in [6.07, 6.45) is 2.61. The van der Waals surface area contributed by atoms with Crippen LogP contribution in [0.25, 0.3) is 11.0 Å². The van der Waals surface area contributed by atoms with Crippen molar-refractivity contribution in [1.29, 1.82) is 0 Å². The van der Waals surface area contributed by atoms with E-state index in [1.54, 1.807) is 6.33 Å². The molecule has 14 heavy (non-hydrogen) atoms. The zero-order chi connectivity index (χ0) is 10.1. The predicted octanol–water partition coefficient (Wildman–Crippen LogP) is 1.73. The molecule has 0 aliphatic heterocycles. The normalized spacial score (nSPS) is 11.1. The number of benzene rings is 1. The third-order valence-electron chi connectivity index (χ3n) is 2.26. The Kier molecular flexibility index (Phi) is 2.44. The summed E-state index contributed by atoms with van der Waals surface area (Å²) < 4.78 is 1.92. The number of nitrogens with two attached hydrogens (primary N) is 1. The van der Waals surface area contributed by atoms with Gasteiger partial charge in [0.05, 0.1) is 22.4 Å². The van der Waals surface area contributed by atoms with Gasteiger partial charge in [0.25, 0.3) is 0 Å². The molecule has 0 atom stereocenters. The van der Waals surface area contributed by atoms with Crippen molar-refractivity contribution in [2.75, 3.05) is 6.54 Å². The van der Waals surface area contributed by atoms with Crippen LogP contribution in [-0.4, -0.2) is 16.1 Å². The lowest BCUT2D eigenvalue weighted by Crippen LogP contribution is -2.02. The van der Waals surface area contributed by atoms with Crippen molar-refractivity contribution in [3.63, 3.8) is 0 Å². The molecule has 0 unspecified atom stereocenters. The van der Waals surface area contributed by atoms with Gasteiger partial charge < -0.3 is 10.3 Å².